The maximum atomic E-state index is 11.4. The monoisotopic (exact) mass is 260 g/mol. The number of pyridine rings is 1. The van der Waals surface area contributed by atoms with E-state index in [4.69, 9.17) is 5.26 Å². The normalized spacial score (nSPS) is 9.95. The summed E-state index contributed by atoms with van der Waals surface area (Å²) < 4.78 is 0. The molecule has 0 aliphatic carbocycles. The van der Waals surface area contributed by atoms with Crippen LogP contribution in [0.2, 0.25) is 0 Å². The van der Waals surface area contributed by atoms with E-state index in [9.17, 15) is 4.79 Å². The summed E-state index contributed by atoms with van der Waals surface area (Å²) in [4.78, 5) is 17.3. The molecule has 0 aliphatic heterocycles. The molecule has 102 valence electrons. The van der Waals surface area contributed by atoms with Crippen LogP contribution >= 0.6 is 0 Å². The van der Waals surface area contributed by atoms with Gasteiger partial charge < -0.3 is 10.2 Å². The number of nitrogens with one attached hydrogen (secondary N) is 1. The summed E-state index contributed by atoms with van der Waals surface area (Å²) in [6.07, 6.45) is 3.92. The molecule has 1 heterocycles. The maximum absolute atomic E-state index is 11.4. The topological polar surface area (TPSA) is 69.0 Å². The highest BCUT2D eigenvalue weighted by atomic mass is 16.2. The zero-order chi connectivity index (χ0) is 14.1. The average Bonchev–Trinajstić information content (AvgIpc) is 2.39. The van der Waals surface area contributed by atoms with Crippen LogP contribution in [0.5, 0.6) is 0 Å². The van der Waals surface area contributed by atoms with Gasteiger partial charge in [-0.3, -0.25) is 9.78 Å². The van der Waals surface area contributed by atoms with E-state index < -0.39 is 0 Å². The first-order valence-electron chi connectivity index (χ1n) is 6.35. The molecule has 0 radical (unpaired) electrons. The molecule has 0 saturated heterocycles. The van der Waals surface area contributed by atoms with Gasteiger partial charge in [0.15, 0.2) is 0 Å². The fraction of sp³-hybridized carbons (Fsp3) is 0.500. The lowest BCUT2D eigenvalue weighted by Crippen LogP contribution is -2.21. The van der Waals surface area contributed by atoms with E-state index in [1.165, 1.54) is 0 Å². The molecule has 0 atom stereocenters. The number of rotatable bonds is 7. The highest BCUT2D eigenvalue weighted by molar-refractivity contribution is 5.75. The lowest BCUT2D eigenvalue weighted by Gasteiger charge is -2.09. The molecular weight excluding hydrogens is 240 g/mol. The standard InChI is InChI=1S/C14H20N4O/c1-18(2)14(19)5-3-4-13-10-12(6-8-17-13)11-16-9-7-15/h6,8,10,16H,3-5,9,11H2,1-2H3. The highest BCUT2D eigenvalue weighted by Gasteiger charge is 2.04. The molecule has 5 nitrogen and oxygen atoms in total. The lowest BCUT2D eigenvalue weighted by atomic mass is 10.1. The second-order valence-corrected chi connectivity index (χ2v) is 4.56. The van der Waals surface area contributed by atoms with Gasteiger partial charge in [-0.05, 0) is 30.5 Å². The first kappa shape index (κ1) is 15.1. The number of carbonyl (C=O) groups excluding carboxylic acids is 1. The third kappa shape index (κ3) is 5.98. The number of carbonyl (C=O) groups is 1. The predicted octanol–water partition coefficient (Wildman–Crippen LogP) is 1.11. The Morgan fingerprint density at radius 1 is 1.53 bits per heavy atom. The molecule has 0 saturated carbocycles. The van der Waals surface area contributed by atoms with E-state index in [1.807, 2.05) is 18.2 Å². The Morgan fingerprint density at radius 2 is 2.32 bits per heavy atom. The number of hydrogen-bond donors (Lipinski definition) is 1. The molecule has 1 aromatic rings. The summed E-state index contributed by atoms with van der Waals surface area (Å²) in [7, 11) is 3.53. The molecule has 0 fully saturated rings. The molecule has 1 N–H and O–H groups in total. The van der Waals surface area contributed by atoms with E-state index in [0.717, 1.165) is 24.1 Å². The minimum Gasteiger partial charge on any atom is -0.349 e. The zero-order valence-corrected chi connectivity index (χ0v) is 11.5. The van der Waals surface area contributed by atoms with Gasteiger partial charge in [0, 0.05) is 39.0 Å². The van der Waals surface area contributed by atoms with Crippen molar-refractivity contribution in [1.82, 2.24) is 15.2 Å². The molecule has 1 amide bonds. The summed E-state index contributed by atoms with van der Waals surface area (Å²) in [5.41, 5.74) is 2.10. The first-order valence-corrected chi connectivity index (χ1v) is 6.35. The molecule has 0 aliphatic rings. The van der Waals surface area contributed by atoms with Crippen molar-refractivity contribution in [3.8, 4) is 6.07 Å². The third-order valence-corrected chi connectivity index (χ3v) is 2.74. The first-order chi connectivity index (χ1) is 9.13. The Hall–Kier alpha value is -1.93. The second-order valence-electron chi connectivity index (χ2n) is 4.56. The van der Waals surface area contributed by atoms with Crippen LogP contribution in [0.25, 0.3) is 0 Å². The van der Waals surface area contributed by atoms with Crippen LogP contribution in [0.4, 0.5) is 0 Å². The SMILES string of the molecule is CN(C)C(=O)CCCc1cc(CNCC#N)ccn1. The van der Waals surface area contributed by atoms with Gasteiger partial charge in [-0.2, -0.15) is 5.26 Å². The summed E-state index contributed by atoms with van der Waals surface area (Å²) in [6, 6.07) is 5.99. The molecule has 1 rings (SSSR count). The molecule has 0 bridgehead atoms. The maximum Gasteiger partial charge on any atom is 0.222 e. The van der Waals surface area contributed by atoms with Crippen LogP contribution in [0.15, 0.2) is 18.3 Å². The smallest absolute Gasteiger partial charge is 0.222 e. The predicted molar refractivity (Wildman–Crippen MR) is 73.2 cm³/mol. The van der Waals surface area contributed by atoms with Gasteiger partial charge in [0.25, 0.3) is 0 Å². The molecular formula is C14H20N4O. The van der Waals surface area contributed by atoms with Crippen molar-refractivity contribution in [3.63, 3.8) is 0 Å². The van der Waals surface area contributed by atoms with Crippen LogP contribution in [0, 0.1) is 11.3 Å². The molecule has 19 heavy (non-hydrogen) atoms. The fourth-order valence-corrected chi connectivity index (χ4v) is 1.68. The lowest BCUT2D eigenvalue weighted by molar-refractivity contribution is -0.128. The van der Waals surface area contributed by atoms with Crippen molar-refractivity contribution >= 4 is 5.91 Å². The minimum absolute atomic E-state index is 0.145. The van der Waals surface area contributed by atoms with Crippen LogP contribution in [-0.2, 0) is 17.8 Å². The second kappa shape index (κ2) is 8.22. The Balaban J connectivity index is 2.40. The highest BCUT2D eigenvalue weighted by Crippen LogP contribution is 2.06. The van der Waals surface area contributed by atoms with Crippen LogP contribution < -0.4 is 5.32 Å². The van der Waals surface area contributed by atoms with E-state index in [-0.39, 0.29) is 5.91 Å². The van der Waals surface area contributed by atoms with Crippen molar-refractivity contribution in [2.24, 2.45) is 0 Å². The van der Waals surface area contributed by atoms with Gasteiger partial charge in [0.1, 0.15) is 0 Å². The number of aryl methyl sites for hydroxylation is 1. The number of nitrogens with zero attached hydrogens (tertiary/aromatic N) is 3. The van der Waals surface area contributed by atoms with Crippen molar-refractivity contribution in [3.05, 3.63) is 29.6 Å². The average molecular weight is 260 g/mol. The van der Waals surface area contributed by atoms with Crippen LogP contribution in [0.3, 0.4) is 0 Å². The Bertz CT molecular complexity index is 451. The number of hydrogen-bond acceptors (Lipinski definition) is 4. The number of aromatic nitrogens is 1. The van der Waals surface area contributed by atoms with Gasteiger partial charge in [0.05, 0.1) is 12.6 Å². The fourth-order valence-electron chi connectivity index (χ4n) is 1.68. The number of amides is 1. The van der Waals surface area contributed by atoms with E-state index in [0.29, 0.717) is 19.5 Å². The molecule has 0 aromatic carbocycles. The Labute approximate surface area is 114 Å². The zero-order valence-electron chi connectivity index (χ0n) is 11.5. The van der Waals surface area contributed by atoms with Crippen LogP contribution in [0.1, 0.15) is 24.1 Å². The molecule has 0 spiro atoms. The van der Waals surface area contributed by atoms with Gasteiger partial charge in [-0.15, -0.1) is 0 Å². The quantitative estimate of drug-likeness (QED) is 0.589. The van der Waals surface area contributed by atoms with Gasteiger partial charge in [-0.25, -0.2) is 0 Å². The summed E-state index contributed by atoms with van der Waals surface area (Å²) in [5, 5.41) is 11.5. The molecule has 5 heteroatoms. The number of nitriles is 1. The molecule has 1 aromatic heterocycles. The van der Waals surface area contributed by atoms with Gasteiger partial charge in [-0.1, -0.05) is 0 Å². The van der Waals surface area contributed by atoms with Crippen molar-refractivity contribution in [2.75, 3.05) is 20.6 Å². The summed E-state index contributed by atoms with van der Waals surface area (Å²) in [6.45, 7) is 1.01. The van der Waals surface area contributed by atoms with Crippen molar-refractivity contribution < 1.29 is 4.79 Å². The summed E-state index contributed by atoms with van der Waals surface area (Å²) in [5.74, 6) is 0.145. The summed E-state index contributed by atoms with van der Waals surface area (Å²) >= 11 is 0. The van der Waals surface area contributed by atoms with Gasteiger partial charge in [0.2, 0.25) is 5.91 Å². The van der Waals surface area contributed by atoms with Crippen molar-refractivity contribution in [2.45, 2.75) is 25.8 Å². The molecule has 0 unspecified atom stereocenters. The van der Waals surface area contributed by atoms with E-state index in [2.05, 4.69) is 10.3 Å². The van der Waals surface area contributed by atoms with Crippen LogP contribution in [-0.4, -0.2) is 36.4 Å². The van der Waals surface area contributed by atoms with Gasteiger partial charge >= 0.3 is 0 Å². The largest absolute Gasteiger partial charge is 0.349 e. The minimum atomic E-state index is 0.145. The Kier molecular flexibility index (Phi) is 6.55. The van der Waals surface area contributed by atoms with Crippen molar-refractivity contribution in [1.29, 1.82) is 5.26 Å². The van der Waals surface area contributed by atoms with E-state index in [1.54, 1.807) is 25.2 Å². The third-order valence-electron chi connectivity index (χ3n) is 2.74. The van der Waals surface area contributed by atoms with E-state index >= 15 is 0 Å². The Morgan fingerprint density at radius 3 is 3.00 bits per heavy atom.